The first-order valence-corrected chi connectivity index (χ1v) is 7.50. The molecule has 1 aliphatic rings. The number of hydrogen-bond donors (Lipinski definition) is 1. The highest BCUT2D eigenvalue weighted by Gasteiger charge is 2.20. The molecule has 0 atom stereocenters. The maximum absolute atomic E-state index is 12.0. The van der Waals surface area contributed by atoms with Crippen LogP contribution in [0.1, 0.15) is 21.7 Å². The number of amides is 1. The maximum Gasteiger partial charge on any atom is 0.262 e. The highest BCUT2D eigenvalue weighted by Crippen LogP contribution is 2.39. The predicted molar refractivity (Wildman–Crippen MR) is 74.2 cm³/mol. The quantitative estimate of drug-likeness (QED) is 0.789. The van der Waals surface area contributed by atoms with Gasteiger partial charge in [-0.05, 0) is 31.2 Å². The zero-order valence-corrected chi connectivity index (χ0v) is 11.2. The summed E-state index contributed by atoms with van der Waals surface area (Å²) in [6.07, 6.45) is 1.04. The van der Waals surface area contributed by atoms with Crippen LogP contribution in [-0.2, 0) is 0 Å². The van der Waals surface area contributed by atoms with Crippen molar-refractivity contribution in [2.24, 2.45) is 0 Å². The minimum absolute atomic E-state index is 0.0889. The molecule has 1 aromatic heterocycles. The molecule has 1 amide bonds. The first-order chi connectivity index (χ1) is 8.25. The molecular weight excluding hydrogens is 250 g/mol. The van der Waals surface area contributed by atoms with Crippen molar-refractivity contribution in [3.63, 3.8) is 0 Å². The summed E-state index contributed by atoms with van der Waals surface area (Å²) in [4.78, 5) is 14.1. The van der Waals surface area contributed by atoms with Crippen LogP contribution >= 0.6 is 23.1 Å². The summed E-state index contributed by atoms with van der Waals surface area (Å²) in [5, 5.41) is 4.22. The van der Waals surface area contributed by atoms with Crippen LogP contribution in [0.5, 0.6) is 0 Å². The van der Waals surface area contributed by atoms with Gasteiger partial charge >= 0.3 is 0 Å². The van der Waals surface area contributed by atoms with Crippen molar-refractivity contribution in [3.05, 3.63) is 28.6 Å². The molecule has 17 heavy (non-hydrogen) atoms. The van der Waals surface area contributed by atoms with Crippen molar-refractivity contribution in [3.8, 4) is 0 Å². The molecule has 2 nitrogen and oxygen atoms in total. The van der Waals surface area contributed by atoms with Crippen molar-refractivity contribution in [2.45, 2.75) is 18.2 Å². The molecule has 0 radical (unpaired) electrons. The van der Waals surface area contributed by atoms with E-state index in [1.165, 1.54) is 20.5 Å². The Morgan fingerprint density at radius 2 is 2.24 bits per heavy atom. The molecule has 4 heteroatoms. The fraction of sp³-hybridized carbons (Fsp3) is 0.308. The van der Waals surface area contributed by atoms with Crippen LogP contribution in [0.15, 0.2) is 23.1 Å². The minimum Gasteiger partial charge on any atom is -0.351 e. The third kappa shape index (κ3) is 1.96. The number of hydrogen-bond acceptors (Lipinski definition) is 3. The number of benzene rings is 1. The lowest BCUT2D eigenvalue weighted by atomic mass is 10.2. The van der Waals surface area contributed by atoms with Gasteiger partial charge in [0.2, 0.25) is 0 Å². The Kier molecular flexibility index (Phi) is 2.84. The van der Waals surface area contributed by atoms with E-state index in [2.05, 4.69) is 30.4 Å². The van der Waals surface area contributed by atoms with E-state index in [1.807, 2.05) is 11.8 Å². The van der Waals surface area contributed by atoms with Crippen LogP contribution in [-0.4, -0.2) is 18.2 Å². The van der Waals surface area contributed by atoms with E-state index in [9.17, 15) is 4.79 Å². The number of carbonyl (C=O) groups excluding carboxylic acids is 1. The van der Waals surface area contributed by atoms with Gasteiger partial charge in [0.25, 0.3) is 5.91 Å². The Balaban J connectivity index is 2.24. The van der Waals surface area contributed by atoms with E-state index in [0.29, 0.717) is 0 Å². The van der Waals surface area contributed by atoms with Crippen molar-refractivity contribution in [2.75, 3.05) is 12.3 Å². The molecule has 0 aliphatic carbocycles. The lowest BCUT2D eigenvalue weighted by molar-refractivity contribution is 0.0955. The SMILES string of the molecule is Cc1ccc2sc3c(c2c1)SCCCNC3=O. The van der Waals surface area contributed by atoms with Gasteiger partial charge in [-0.2, -0.15) is 0 Å². The van der Waals surface area contributed by atoms with Gasteiger partial charge in [0, 0.05) is 21.5 Å². The Hall–Kier alpha value is -1.00. The molecule has 2 heterocycles. The molecule has 0 saturated heterocycles. The Morgan fingerprint density at radius 1 is 1.35 bits per heavy atom. The molecule has 1 aromatic carbocycles. The second-order valence-corrected chi connectivity index (χ2v) is 6.38. The summed E-state index contributed by atoms with van der Waals surface area (Å²) in [6.45, 7) is 2.88. The molecule has 88 valence electrons. The van der Waals surface area contributed by atoms with Gasteiger partial charge in [-0.25, -0.2) is 0 Å². The zero-order valence-electron chi connectivity index (χ0n) is 9.58. The number of thiophene rings is 1. The fourth-order valence-electron chi connectivity index (χ4n) is 2.01. The topological polar surface area (TPSA) is 29.1 Å². The van der Waals surface area contributed by atoms with Gasteiger partial charge in [-0.3, -0.25) is 4.79 Å². The monoisotopic (exact) mass is 263 g/mol. The molecule has 1 aliphatic heterocycles. The van der Waals surface area contributed by atoms with E-state index in [4.69, 9.17) is 0 Å². The first kappa shape index (κ1) is 11.1. The molecule has 0 bridgehead atoms. The highest BCUT2D eigenvalue weighted by molar-refractivity contribution is 7.99. The lowest BCUT2D eigenvalue weighted by Gasteiger charge is -2.10. The minimum atomic E-state index is 0.0889. The lowest BCUT2D eigenvalue weighted by Crippen LogP contribution is -2.25. The number of nitrogens with one attached hydrogen (secondary N) is 1. The molecule has 0 saturated carbocycles. The smallest absolute Gasteiger partial charge is 0.262 e. The van der Waals surface area contributed by atoms with Gasteiger partial charge in [-0.15, -0.1) is 23.1 Å². The van der Waals surface area contributed by atoms with Gasteiger partial charge in [0.1, 0.15) is 4.88 Å². The van der Waals surface area contributed by atoms with Gasteiger partial charge in [0.15, 0.2) is 0 Å². The molecular formula is C13H13NOS2. The Labute approximate surface area is 108 Å². The summed E-state index contributed by atoms with van der Waals surface area (Å²) in [7, 11) is 0. The van der Waals surface area contributed by atoms with Gasteiger partial charge in [-0.1, -0.05) is 11.6 Å². The number of fused-ring (bicyclic) bond motifs is 3. The van der Waals surface area contributed by atoms with E-state index >= 15 is 0 Å². The molecule has 0 spiro atoms. The summed E-state index contributed by atoms with van der Waals surface area (Å²) < 4.78 is 1.21. The van der Waals surface area contributed by atoms with Crippen LogP contribution in [0.2, 0.25) is 0 Å². The first-order valence-electron chi connectivity index (χ1n) is 5.70. The molecule has 0 unspecified atom stereocenters. The van der Waals surface area contributed by atoms with E-state index in [0.717, 1.165) is 23.6 Å². The van der Waals surface area contributed by atoms with Crippen LogP contribution < -0.4 is 5.32 Å². The van der Waals surface area contributed by atoms with Crippen molar-refractivity contribution in [1.29, 1.82) is 0 Å². The molecule has 0 fully saturated rings. The van der Waals surface area contributed by atoms with E-state index in [-0.39, 0.29) is 5.91 Å². The summed E-state index contributed by atoms with van der Waals surface area (Å²) in [5.41, 5.74) is 1.25. The third-order valence-electron chi connectivity index (χ3n) is 2.86. The Morgan fingerprint density at radius 3 is 3.12 bits per heavy atom. The number of carbonyl (C=O) groups is 1. The number of aryl methyl sites for hydroxylation is 1. The van der Waals surface area contributed by atoms with Crippen LogP contribution in [0.25, 0.3) is 10.1 Å². The summed E-state index contributed by atoms with van der Waals surface area (Å²) >= 11 is 3.43. The van der Waals surface area contributed by atoms with Crippen LogP contribution in [0.3, 0.4) is 0 Å². The average molecular weight is 263 g/mol. The van der Waals surface area contributed by atoms with E-state index in [1.54, 1.807) is 11.3 Å². The average Bonchev–Trinajstić information content (AvgIpc) is 2.64. The van der Waals surface area contributed by atoms with Crippen LogP contribution in [0, 0.1) is 6.92 Å². The third-order valence-corrected chi connectivity index (χ3v) is 5.36. The molecule has 1 N–H and O–H groups in total. The number of rotatable bonds is 0. The van der Waals surface area contributed by atoms with Gasteiger partial charge in [0.05, 0.1) is 0 Å². The van der Waals surface area contributed by atoms with Gasteiger partial charge < -0.3 is 5.32 Å². The van der Waals surface area contributed by atoms with Crippen molar-refractivity contribution < 1.29 is 4.79 Å². The van der Waals surface area contributed by atoms with Crippen molar-refractivity contribution >= 4 is 39.1 Å². The second-order valence-electron chi connectivity index (χ2n) is 4.22. The fourth-order valence-corrected chi connectivity index (χ4v) is 4.41. The normalized spacial score (nSPS) is 16.2. The Bertz CT molecular complexity index is 588. The second kappa shape index (κ2) is 4.35. The van der Waals surface area contributed by atoms with E-state index < -0.39 is 0 Å². The maximum atomic E-state index is 12.0. The zero-order chi connectivity index (χ0) is 11.8. The van der Waals surface area contributed by atoms with Crippen LogP contribution in [0.4, 0.5) is 0 Å². The number of thioether (sulfide) groups is 1. The van der Waals surface area contributed by atoms with Crippen molar-refractivity contribution in [1.82, 2.24) is 5.32 Å². The standard InChI is InChI=1S/C13H13NOS2/c1-8-3-4-10-9(7-8)11-12(17-10)13(15)14-5-2-6-16-11/h3-4,7H,2,5-6H2,1H3,(H,14,15). The summed E-state index contributed by atoms with van der Waals surface area (Å²) in [6, 6.07) is 6.41. The summed E-state index contributed by atoms with van der Waals surface area (Å²) in [5.74, 6) is 1.17. The highest BCUT2D eigenvalue weighted by atomic mass is 32.2. The molecule has 2 aromatic rings. The largest absolute Gasteiger partial charge is 0.351 e. The predicted octanol–water partition coefficient (Wildman–Crippen LogP) is 3.44. The molecule has 3 rings (SSSR count).